The first-order chi connectivity index (χ1) is 6.40. The SMILES string of the molecule is OCc1cnc(C2CCCCS2)o1. The minimum absolute atomic E-state index is 0.0512. The molecule has 0 saturated carbocycles. The van der Waals surface area contributed by atoms with Crippen molar-refractivity contribution in [2.45, 2.75) is 31.1 Å². The second kappa shape index (κ2) is 4.15. The summed E-state index contributed by atoms with van der Waals surface area (Å²) in [6.45, 7) is -0.0512. The van der Waals surface area contributed by atoms with Crippen LogP contribution in [-0.4, -0.2) is 15.8 Å². The van der Waals surface area contributed by atoms with Crippen molar-refractivity contribution in [3.05, 3.63) is 17.8 Å². The van der Waals surface area contributed by atoms with Gasteiger partial charge in [-0.15, -0.1) is 11.8 Å². The first-order valence-corrected chi connectivity index (χ1v) is 5.62. The van der Waals surface area contributed by atoms with Gasteiger partial charge in [-0.3, -0.25) is 0 Å². The number of oxazole rings is 1. The van der Waals surface area contributed by atoms with Crippen molar-refractivity contribution in [3.8, 4) is 0 Å². The number of thioether (sulfide) groups is 1. The van der Waals surface area contributed by atoms with Gasteiger partial charge in [-0.1, -0.05) is 6.42 Å². The molecule has 0 amide bonds. The maximum Gasteiger partial charge on any atom is 0.207 e. The molecule has 2 heterocycles. The maximum atomic E-state index is 8.81. The molecule has 1 aliphatic heterocycles. The molecule has 2 rings (SSSR count). The topological polar surface area (TPSA) is 46.3 Å². The molecule has 0 bridgehead atoms. The highest BCUT2D eigenvalue weighted by atomic mass is 32.2. The molecule has 1 N–H and O–H groups in total. The van der Waals surface area contributed by atoms with Crippen molar-refractivity contribution in [2.75, 3.05) is 5.75 Å². The van der Waals surface area contributed by atoms with E-state index in [1.54, 1.807) is 6.20 Å². The fourth-order valence-electron chi connectivity index (χ4n) is 1.48. The Hall–Kier alpha value is -0.480. The van der Waals surface area contributed by atoms with Gasteiger partial charge in [0, 0.05) is 0 Å². The van der Waals surface area contributed by atoms with E-state index >= 15 is 0 Å². The average Bonchev–Trinajstić information content (AvgIpc) is 2.67. The maximum absolute atomic E-state index is 8.81. The van der Waals surface area contributed by atoms with Crippen molar-refractivity contribution in [1.82, 2.24) is 4.98 Å². The minimum Gasteiger partial charge on any atom is -0.442 e. The van der Waals surface area contributed by atoms with E-state index in [1.807, 2.05) is 11.8 Å². The molecule has 1 aromatic heterocycles. The van der Waals surface area contributed by atoms with Gasteiger partial charge in [0.25, 0.3) is 0 Å². The number of hydrogen-bond donors (Lipinski definition) is 1. The second-order valence-corrected chi connectivity index (χ2v) is 4.49. The van der Waals surface area contributed by atoms with Crippen LogP contribution in [0.4, 0.5) is 0 Å². The zero-order chi connectivity index (χ0) is 9.10. The molecule has 0 aromatic carbocycles. The van der Waals surface area contributed by atoms with Crippen LogP contribution >= 0.6 is 11.8 Å². The third kappa shape index (κ3) is 2.06. The molecule has 1 fully saturated rings. The average molecular weight is 199 g/mol. The van der Waals surface area contributed by atoms with Gasteiger partial charge in [-0.05, 0) is 18.6 Å². The number of rotatable bonds is 2. The normalized spacial score (nSPS) is 23.3. The van der Waals surface area contributed by atoms with Crippen molar-refractivity contribution in [1.29, 1.82) is 0 Å². The van der Waals surface area contributed by atoms with Gasteiger partial charge >= 0.3 is 0 Å². The Balaban J connectivity index is 2.05. The molecule has 1 aromatic rings. The number of nitrogens with zero attached hydrogens (tertiary/aromatic N) is 1. The van der Waals surface area contributed by atoms with Crippen LogP contribution in [0.15, 0.2) is 10.6 Å². The molecule has 4 heteroatoms. The summed E-state index contributed by atoms with van der Waals surface area (Å²) in [4.78, 5) is 4.16. The van der Waals surface area contributed by atoms with E-state index < -0.39 is 0 Å². The summed E-state index contributed by atoms with van der Waals surface area (Å²) in [5, 5.41) is 9.22. The first-order valence-electron chi connectivity index (χ1n) is 4.57. The zero-order valence-electron chi connectivity index (χ0n) is 7.40. The fourth-order valence-corrected chi connectivity index (χ4v) is 2.72. The highest BCUT2D eigenvalue weighted by Gasteiger charge is 2.20. The molecule has 1 saturated heterocycles. The van der Waals surface area contributed by atoms with E-state index in [1.165, 1.54) is 18.6 Å². The standard InChI is InChI=1S/C9H13NO2S/c11-6-7-5-10-9(12-7)8-3-1-2-4-13-8/h5,8,11H,1-4,6H2. The fraction of sp³-hybridized carbons (Fsp3) is 0.667. The number of aliphatic hydroxyl groups excluding tert-OH is 1. The van der Waals surface area contributed by atoms with Crippen LogP contribution in [0.5, 0.6) is 0 Å². The van der Waals surface area contributed by atoms with Gasteiger partial charge in [0.1, 0.15) is 12.4 Å². The Morgan fingerprint density at radius 3 is 3.15 bits per heavy atom. The molecule has 13 heavy (non-hydrogen) atoms. The quantitative estimate of drug-likeness (QED) is 0.792. The van der Waals surface area contributed by atoms with Crippen molar-refractivity contribution >= 4 is 11.8 Å². The van der Waals surface area contributed by atoms with Crippen LogP contribution in [0.2, 0.25) is 0 Å². The molecule has 3 nitrogen and oxygen atoms in total. The first kappa shape index (κ1) is 9.09. The Labute approximate surface area is 81.5 Å². The highest BCUT2D eigenvalue weighted by Crippen LogP contribution is 2.37. The lowest BCUT2D eigenvalue weighted by Crippen LogP contribution is -2.01. The van der Waals surface area contributed by atoms with Gasteiger partial charge in [0.05, 0.1) is 11.4 Å². The van der Waals surface area contributed by atoms with Crippen LogP contribution in [0.1, 0.15) is 36.2 Å². The van der Waals surface area contributed by atoms with E-state index in [0.717, 1.165) is 12.3 Å². The highest BCUT2D eigenvalue weighted by molar-refractivity contribution is 7.99. The summed E-state index contributed by atoms with van der Waals surface area (Å²) in [6.07, 6.45) is 5.32. The molecule has 72 valence electrons. The lowest BCUT2D eigenvalue weighted by atomic mass is 10.2. The molecule has 0 spiro atoms. The van der Waals surface area contributed by atoms with Crippen LogP contribution < -0.4 is 0 Å². The summed E-state index contributed by atoms with van der Waals surface area (Å²) in [7, 11) is 0. The Morgan fingerprint density at radius 1 is 1.62 bits per heavy atom. The van der Waals surface area contributed by atoms with E-state index in [0.29, 0.717) is 11.0 Å². The summed E-state index contributed by atoms with van der Waals surface area (Å²) in [5.41, 5.74) is 0. The van der Waals surface area contributed by atoms with Crippen molar-refractivity contribution < 1.29 is 9.52 Å². The number of hydrogen-bond acceptors (Lipinski definition) is 4. The second-order valence-electron chi connectivity index (χ2n) is 3.18. The molecule has 1 atom stereocenters. The zero-order valence-corrected chi connectivity index (χ0v) is 8.22. The predicted octanol–water partition coefficient (Wildman–Crippen LogP) is 2.13. The monoisotopic (exact) mass is 199 g/mol. The van der Waals surface area contributed by atoms with Gasteiger partial charge in [-0.2, -0.15) is 0 Å². The smallest absolute Gasteiger partial charge is 0.207 e. The van der Waals surface area contributed by atoms with E-state index in [2.05, 4.69) is 4.98 Å². The van der Waals surface area contributed by atoms with Crippen LogP contribution in [-0.2, 0) is 6.61 Å². The van der Waals surface area contributed by atoms with Crippen molar-refractivity contribution in [3.63, 3.8) is 0 Å². The summed E-state index contributed by atoms with van der Waals surface area (Å²) >= 11 is 1.90. The molecule has 0 aliphatic carbocycles. The Kier molecular flexibility index (Phi) is 2.90. The molecule has 1 aliphatic rings. The number of aromatic nitrogens is 1. The summed E-state index contributed by atoms with van der Waals surface area (Å²) in [6, 6.07) is 0. The summed E-state index contributed by atoms with van der Waals surface area (Å²) < 4.78 is 5.39. The third-order valence-electron chi connectivity index (χ3n) is 2.18. The molecule has 0 radical (unpaired) electrons. The summed E-state index contributed by atoms with van der Waals surface area (Å²) in [5.74, 6) is 2.55. The molecule has 1 unspecified atom stereocenters. The van der Waals surface area contributed by atoms with Crippen LogP contribution in [0, 0.1) is 0 Å². The molecular weight excluding hydrogens is 186 g/mol. The lowest BCUT2D eigenvalue weighted by Gasteiger charge is -2.17. The lowest BCUT2D eigenvalue weighted by molar-refractivity contribution is 0.242. The number of aliphatic hydroxyl groups is 1. The Bertz CT molecular complexity index is 268. The van der Waals surface area contributed by atoms with Crippen LogP contribution in [0.25, 0.3) is 0 Å². The van der Waals surface area contributed by atoms with Gasteiger partial charge in [-0.25, -0.2) is 4.98 Å². The van der Waals surface area contributed by atoms with E-state index in [-0.39, 0.29) is 6.61 Å². The Morgan fingerprint density at radius 2 is 2.54 bits per heavy atom. The van der Waals surface area contributed by atoms with Gasteiger partial charge in [0.2, 0.25) is 5.89 Å². The van der Waals surface area contributed by atoms with E-state index in [9.17, 15) is 0 Å². The largest absolute Gasteiger partial charge is 0.442 e. The molecular formula is C9H13NO2S. The van der Waals surface area contributed by atoms with Crippen molar-refractivity contribution in [2.24, 2.45) is 0 Å². The predicted molar refractivity (Wildman–Crippen MR) is 51.5 cm³/mol. The van der Waals surface area contributed by atoms with Crippen LogP contribution in [0.3, 0.4) is 0 Å². The van der Waals surface area contributed by atoms with Gasteiger partial charge in [0.15, 0.2) is 0 Å². The van der Waals surface area contributed by atoms with E-state index in [4.69, 9.17) is 9.52 Å². The minimum atomic E-state index is -0.0512. The van der Waals surface area contributed by atoms with Gasteiger partial charge < -0.3 is 9.52 Å². The third-order valence-corrected chi connectivity index (χ3v) is 3.55.